The monoisotopic (exact) mass is 656 g/mol. The summed E-state index contributed by atoms with van der Waals surface area (Å²) in [5, 5.41) is 2.47. The van der Waals surface area contributed by atoms with E-state index in [0.717, 1.165) is 41.2 Å². The molecule has 0 fully saturated rings. The highest BCUT2D eigenvalue weighted by molar-refractivity contribution is 7.90. The first-order valence-electron chi connectivity index (χ1n) is 12.5. The first-order valence-corrected chi connectivity index (χ1v) is 15.5. The molecule has 0 spiro atoms. The normalized spacial score (nSPS) is 13.0. The van der Waals surface area contributed by atoms with Gasteiger partial charge in [0.1, 0.15) is 5.56 Å². The van der Waals surface area contributed by atoms with Crippen LogP contribution in [-0.4, -0.2) is 29.4 Å². The number of nitrogens with zero attached hydrogens (tertiary/aromatic N) is 1. The number of hydrogen-bond acceptors (Lipinski definition) is 5. The minimum absolute atomic E-state index is 0.0328. The minimum Gasteiger partial charge on any atom is -0.348 e. The van der Waals surface area contributed by atoms with Crippen molar-refractivity contribution in [3.8, 4) is 5.69 Å². The first-order chi connectivity index (χ1) is 20.4. The second-order valence-corrected chi connectivity index (χ2v) is 13.1. The molecule has 232 valence electrons. The maximum atomic E-state index is 13.6. The van der Waals surface area contributed by atoms with E-state index in [9.17, 15) is 48.6 Å². The van der Waals surface area contributed by atoms with Crippen LogP contribution in [0.5, 0.6) is 0 Å². The molecule has 1 aromatic heterocycles. The van der Waals surface area contributed by atoms with Gasteiger partial charge in [-0.25, -0.2) is 12.6 Å². The molecule has 0 radical (unpaired) electrons. The number of halogens is 6. The lowest BCUT2D eigenvalue weighted by molar-refractivity contribution is -0.138. The molecule has 0 bridgehead atoms. The number of hydrogen-bond donors (Lipinski definition) is 1. The Balaban J connectivity index is 1.80. The third kappa shape index (κ3) is 7.10. The Morgan fingerprint density at radius 3 is 2.00 bits per heavy atom. The van der Waals surface area contributed by atoms with E-state index in [1.807, 2.05) is 0 Å². The third-order valence-electron chi connectivity index (χ3n) is 6.48. The summed E-state index contributed by atoms with van der Waals surface area (Å²) in [6.07, 6.45) is -8.42. The smallest absolute Gasteiger partial charge is 0.348 e. The van der Waals surface area contributed by atoms with E-state index >= 15 is 0 Å². The predicted octanol–water partition coefficient (Wildman–Crippen LogP) is 5.68. The maximum absolute atomic E-state index is 13.6. The van der Waals surface area contributed by atoms with Gasteiger partial charge in [-0.3, -0.25) is 14.2 Å². The number of carbonyl (C=O) groups is 1. The van der Waals surface area contributed by atoms with Crippen LogP contribution in [0.2, 0.25) is 0 Å². The zero-order valence-corrected chi connectivity index (χ0v) is 24.4. The van der Waals surface area contributed by atoms with Gasteiger partial charge in [-0.1, -0.05) is 18.2 Å². The molecular weight excluding hydrogens is 634 g/mol. The van der Waals surface area contributed by atoms with Crippen molar-refractivity contribution < 1.29 is 43.8 Å². The average Bonchev–Trinajstić information content (AvgIpc) is 2.95. The summed E-state index contributed by atoms with van der Waals surface area (Å²) in [5.74, 6) is -0.992. The van der Waals surface area contributed by atoms with E-state index in [1.54, 1.807) is 0 Å². The fourth-order valence-corrected chi connectivity index (χ4v) is 6.04. The lowest BCUT2D eigenvalue weighted by Gasteiger charge is -2.18. The molecular formula is C29H22F6N2O5S2. The lowest BCUT2D eigenvalue weighted by Crippen LogP contribution is -2.34. The zero-order valence-electron chi connectivity index (χ0n) is 22.8. The van der Waals surface area contributed by atoms with Gasteiger partial charge in [0.05, 0.1) is 31.7 Å². The van der Waals surface area contributed by atoms with E-state index in [-0.39, 0.29) is 32.6 Å². The van der Waals surface area contributed by atoms with Gasteiger partial charge in [-0.15, -0.1) is 0 Å². The average molecular weight is 657 g/mol. The van der Waals surface area contributed by atoms with Crippen molar-refractivity contribution in [2.75, 3.05) is 6.26 Å². The standard InChI is InChI=1S/C29H22F6N2O5S2/c1-17-25(43(40)22-10-8-19(9-11-22)28(30,31)32)15-24(26(38)36-16-18-6-12-23(13-7-18)44(2,41)42)27(39)37(17)21-5-3-4-20(14-21)29(33,34)35/h3-15H,16H2,1-2H3,(H,36,38). The molecule has 1 unspecified atom stereocenters. The Morgan fingerprint density at radius 2 is 1.45 bits per heavy atom. The molecule has 4 aromatic rings. The highest BCUT2D eigenvalue weighted by Gasteiger charge is 2.32. The summed E-state index contributed by atoms with van der Waals surface area (Å²) < 4.78 is 117. The number of aromatic nitrogens is 1. The van der Waals surface area contributed by atoms with Crippen molar-refractivity contribution in [3.05, 3.63) is 117 Å². The molecule has 3 aromatic carbocycles. The van der Waals surface area contributed by atoms with Gasteiger partial charge >= 0.3 is 12.4 Å². The van der Waals surface area contributed by atoms with Crippen LogP contribution in [0, 0.1) is 6.92 Å². The molecule has 1 atom stereocenters. The van der Waals surface area contributed by atoms with Gasteiger partial charge in [0.25, 0.3) is 11.5 Å². The number of benzene rings is 3. The van der Waals surface area contributed by atoms with Gasteiger partial charge in [-0.2, -0.15) is 26.3 Å². The molecule has 15 heteroatoms. The summed E-state index contributed by atoms with van der Waals surface area (Å²) in [5.41, 5.74) is -3.70. The number of amides is 1. The number of alkyl halides is 6. The van der Waals surface area contributed by atoms with Gasteiger partial charge in [0, 0.05) is 29.1 Å². The molecule has 0 saturated carbocycles. The zero-order chi connectivity index (χ0) is 32.6. The van der Waals surface area contributed by atoms with Crippen molar-refractivity contribution in [3.63, 3.8) is 0 Å². The largest absolute Gasteiger partial charge is 0.416 e. The Morgan fingerprint density at radius 1 is 0.864 bits per heavy atom. The molecule has 0 saturated heterocycles. The number of rotatable bonds is 7. The number of carbonyl (C=O) groups excluding carboxylic acids is 1. The molecule has 4 rings (SSSR count). The Bertz CT molecular complexity index is 1920. The molecule has 0 aliphatic rings. The minimum atomic E-state index is -4.78. The van der Waals surface area contributed by atoms with Gasteiger partial charge < -0.3 is 5.32 Å². The third-order valence-corrected chi connectivity index (χ3v) is 9.12. The molecule has 7 nitrogen and oxygen atoms in total. The van der Waals surface area contributed by atoms with E-state index in [4.69, 9.17) is 0 Å². The SMILES string of the molecule is Cc1c(S(=O)c2ccc(C(F)(F)F)cc2)cc(C(=O)NCc2ccc(S(C)(=O)=O)cc2)c(=O)n1-c1cccc(C(F)(F)F)c1. The predicted molar refractivity (Wildman–Crippen MR) is 149 cm³/mol. The van der Waals surface area contributed by atoms with Crippen LogP contribution in [0.15, 0.2) is 98.3 Å². The van der Waals surface area contributed by atoms with Crippen molar-refractivity contribution in [1.29, 1.82) is 0 Å². The summed E-state index contributed by atoms with van der Waals surface area (Å²) >= 11 is 0. The van der Waals surface area contributed by atoms with Crippen molar-refractivity contribution in [2.24, 2.45) is 0 Å². The van der Waals surface area contributed by atoms with Crippen LogP contribution >= 0.6 is 0 Å². The summed E-state index contributed by atoms with van der Waals surface area (Å²) in [6, 6.07) is 13.5. The fraction of sp³-hybridized carbons (Fsp3) is 0.172. The highest BCUT2D eigenvalue weighted by Crippen LogP contribution is 2.32. The molecule has 1 N–H and O–H groups in total. The molecule has 44 heavy (non-hydrogen) atoms. The lowest BCUT2D eigenvalue weighted by atomic mass is 10.1. The van der Waals surface area contributed by atoms with Crippen LogP contribution in [-0.2, 0) is 39.5 Å². The van der Waals surface area contributed by atoms with Crippen LogP contribution in [0.3, 0.4) is 0 Å². The van der Waals surface area contributed by atoms with E-state index < -0.39 is 61.1 Å². The Hall–Kier alpha value is -4.24. The summed E-state index contributed by atoms with van der Waals surface area (Å²) in [6.45, 7) is 1.10. The van der Waals surface area contributed by atoms with Crippen LogP contribution in [0.25, 0.3) is 5.69 Å². The van der Waals surface area contributed by atoms with Crippen LogP contribution in [0.4, 0.5) is 26.3 Å². The Labute approximate surface area is 249 Å². The summed E-state index contributed by atoms with van der Waals surface area (Å²) in [4.78, 5) is 26.5. The number of pyridine rings is 1. The van der Waals surface area contributed by atoms with Gasteiger partial charge in [-0.05, 0) is 73.2 Å². The number of sulfone groups is 1. The van der Waals surface area contributed by atoms with Crippen molar-refractivity contribution >= 4 is 26.5 Å². The van der Waals surface area contributed by atoms with E-state index in [1.165, 1.54) is 37.3 Å². The molecule has 0 aliphatic heterocycles. The summed E-state index contributed by atoms with van der Waals surface area (Å²) in [7, 11) is -5.75. The fourth-order valence-electron chi connectivity index (χ4n) is 4.19. The topological polar surface area (TPSA) is 102 Å². The quantitative estimate of drug-likeness (QED) is 0.258. The highest BCUT2D eigenvalue weighted by atomic mass is 32.2. The van der Waals surface area contributed by atoms with E-state index in [0.29, 0.717) is 23.8 Å². The van der Waals surface area contributed by atoms with Crippen LogP contribution < -0.4 is 10.9 Å². The second-order valence-electron chi connectivity index (χ2n) is 9.59. The van der Waals surface area contributed by atoms with Crippen molar-refractivity contribution in [1.82, 2.24) is 9.88 Å². The second kappa shape index (κ2) is 12.0. The molecule has 1 amide bonds. The molecule has 1 heterocycles. The Kier molecular flexibility index (Phi) is 8.94. The van der Waals surface area contributed by atoms with Gasteiger partial charge in [0.2, 0.25) is 0 Å². The van der Waals surface area contributed by atoms with E-state index in [2.05, 4.69) is 5.32 Å². The molecule has 0 aliphatic carbocycles. The first kappa shape index (κ1) is 32.7. The van der Waals surface area contributed by atoms with Crippen molar-refractivity contribution in [2.45, 2.75) is 40.5 Å². The van der Waals surface area contributed by atoms with Crippen LogP contribution in [0.1, 0.15) is 32.7 Å². The number of nitrogens with one attached hydrogen (secondary N) is 1. The maximum Gasteiger partial charge on any atom is 0.416 e. The van der Waals surface area contributed by atoms with Gasteiger partial charge in [0.15, 0.2) is 9.84 Å².